The molecule has 158 valence electrons. The Balaban J connectivity index is 1.50. The van der Waals surface area contributed by atoms with Crippen LogP contribution in [0.5, 0.6) is 0 Å². The van der Waals surface area contributed by atoms with Crippen LogP contribution in [0.2, 0.25) is 0 Å². The highest BCUT2D eigenvalue weighted by molar-refractivity contribution is 14.1. The van der Waals surface area contributed by atoms with Gasteiger partial charge in [-0.3, -0.25) is 4.79 Å². The Kier molecular flexibility index (Phi) is 6.29. The van der Waals surface area contributed by atoms with Gasteiger partial charge in [-0.2, -0.15) is 0 Å². The minimum absolute atomic E-state index is 0.0319. The lowest BCUT2D eigenvalue weighted by atomic mass is 10.2. The molecule has 0 N–H and O–H groups in total. The Morgan fingerprint density at radius 3 is 1.87 bits per heavy atom. The molecule has 4 rings (SSSR count). The first kappa shape index (κ1) is 21.8. The minimum atomic E-state index is -0.601. The number of fused-ring (bicyclic) bond motifs is 3. The van der Waals surface area contributed by atoms with E-state index in [1.165, 1.54) is 20.2 Å². The molecule has 31 heavy (non-hydrogen) atoms. The molecule has 0 amide bonds. The second-order valence-corrected chi connectivity index (χ2v) is 12.2. The van der Waals surface area contributed by atoms with Crippen LogP contribution in [-0.2, 0) is 14.3 Å². The van der Waals surface area contributed by atoms with Crippen molar-refractivity contribution in [3.05, 3.63) is 78.4 Å². The zero-order valence-corrected chi connectivity index (χ0v) is 20.2. The number of alkyl halides is 1. The summed E-state index contributed by atoms with van der Waals surface area (Å²) in [6, 6.07) is 24.6. The number of benzene rings is 3. The SMILES string of the molecule is CC(C)(I)C(=O)OCCOC(=O)c1ccc(-[s+]2c3ccccc3c3ccccc32)cc1. The molecule has 0 radical (unpaired) electrons. The zero-order valence-electron chi connectivity index (χ0n) is 17.3. The fourth-order valence-electron chi connectivity index (χ4n) is 3.36. The average molecular weight is 545 g/mol. The molecule has 0 aliphatic carbocycles. The fraction of sp³-hybridized carbons (Fsp3) is 0.200. The van der Waals surface area contributed by atoms with Crippen molar-refractivity contribution in [1.29, 1.82) is 0 Å². The summed E-state index contributed by atoms with van der Waals surface area (Å²) in [6.45, 7) is 3.62. The number of ether oxygens (including phenoxy) is 2. The van der Waals surface area contributed by atoms with E-state index >= 15 is 0 Å². The van der Waals surface area contributed by atoms with Crippen molar-refractivity contribution in [3.63, 3.8) is 0 Å². The summed E-state index contributed by atoms with van der Waals surface area (Å²) in [5.41, 5.74) is 0.480. The van der Waals surface area contributed by atoms with Crippen molar-refractivity contribution in [2.45, 2.75) is 17.3 Å². The summed E-state index contributed by atoms with van der Waals surface area (Å²) in [6.07, 6.45) is 0. The Bertz CT molecular complexity index is 1200. The monoisotopic (exact) mass is 545 g/mol. The first-order valence-electron chi connectivity index (χ1n) is 9.92. The highest BCUT2D eigenvalue weighted by Gasteiger charge is 2.25. The highest BCUT2D eigenvalue weighted by Crippen LogP contribution is 2.48. The van der Waals surface area contributed by atoms with E-state index in [2.05, 4.69) is 48.5 Å². The molecular weight excluding hydrogens is 523 g/mol. The number of esters is 2. The van der Waals surface area contributed by atoms with Crippen LogP contribution < -0.4 is 0 Å². The summed E-state index contributed by atoms with van der Waals surface area (Å²) in [4.78, 5) is 25.3. The van der Waals surface area contributed by atoms with E-state index in [-0.39, 0.29) is 29.7 Å². The van der Waals surface area contributed by atoms with Crippen LogP contribution in [0.3, 0.4) is 0 Å². The third kappa shape index (κ3) is 4.60. The van der Waals surface area contributed by atoms with Crippen LogP contribution in [-0.4, -0.2) is 28.6 Å². The van der Waals surface area contributed by atoms with Crippen molar-refractivity contribution in [3.8, 4) is 4.90 Å². The Hall–Kier alpha value is -2.45. The lowest BCUT2D eigenvalue weighted by molar-refractivity contribution is -0.146. The molecular formula is C25H22IO4S+. The van der Waals surface area contributed by atoms with Gasteiger partial charge in [0.15, 0.2) is 14.3 Å². The molecule has 0 atom stereocenters. The topological polar surface area (TPSA) is 52.6 Å². The Morgan fingerprint density at radius 2 is 1.32 bits per heavy atom. The standard InChI is InChI=1S/C25H22IO4S/c1-25(2,26)24(28)30-16-15-29-23(27)17-11-13-18(14-12-17)31-21-9-5-3-7-19(21)20-8-4-6-10-22(20)31/h3-14H,15-16H2,1-2H3/q+1. The second-order valence-electron chi connectivity index (χ2n) is 7.57. The summed E-state index contributed by atoms with van der Waals surface area (Å²) in [5.74, 6) is -0.751. The molecule has 0 saturated carbocycles. The van der Waals surface area contributed by atoms with E-state index in [1.54, 1.807) is 26.0 Å². The zero-order chi connectivity index (χ0) is 22.0. The van der Waals surface area contributed by atoms with Gasteiger partial charge in [-0.05, 0) is 62.4 Å². The van der Waals surface area contributed by atoms with E-state index < -0.39 is 9.39 Å². The van der Waals surface area contributed by atoms with Crippen molar-refractivity contribution >= 4 is 65.2 Å². The maximum Gasteiger partial charge on any atom is 0.338 e. The van der Waals surface area contributed by atoms with Gasteiger partial charge in [0.1, 0.15) is 16.6 Å². The van der Waals surface area contributed by atoms with Gasteiger partial charge in [-0.15, -0.1) is 0 Å². The van der Waals surface area contributed by atoms with Gasteiger partial charge in [0.05, 0.1) is 5.56 Å². The molecule has 0 aliphatic rings. The minimum Gasteiger partial charge on any atom is -0.461 e. The van der Waals surface area contributed by atoms with E-state index in [9.17, 15) is 9.59 Å². The number of carbonyl (C=O) groups excluding carboxylic acids is 2. The molecule has 4 aromatic rings. The summed E-state index contributed by atoms with van der Waals surface area (Å²) < 4.78 is 12.4. The predicted octanol–water partition coefficient (Wildman–Crippen LogP) is 6.64. The van der Waals surface area contributed by atoms with Crippen molar-refractivity contribution < 1.29 is 19.1 Å². The number of thiophene rings is 1. The lowest BCUT2D eigenvalue weighted by Gasteiger charge is -2.14. The van der Waals surface area contributed by atoms with Gasteiger partial charge < -0.3 is 9.47 Å². The van der Waals surface area contributed by atoms with Crippen molar-refractivity contribution in [2.75, 3.05) is 13.2 Å². The summed E-state index contributed by atoms with van der Waals surface area (Å²) in [5, 5.41) is 2.54. The largest absolute Gasteiger partial charge is 0.461 e. The molecule has 4 nitrogen and oxygen atoms in total. The molecule has 0 saturated heterocycles. The molecule has 0 spiro atoms. The quantitative estimate of drug-likeness (QED) is 0.0896. The molecule has 0 fully saturated rings. The molecule has 0 bridgehead atoms. The molecule has 0 unspecified atom stereocenters. The van der Waals surface area contributed by atoms with Crippen LogP contribution in [0.15, 0.2) is 72.8 Å². The lowest BCUT2D eigenvalue weighted by Crippen LogP contribution is -2.28. The van der Waals surface area contributed by atoms with Crippen LogP contribution in [0.4, 0.5) is 0 Å². The highest BCUT2D eigenvalue weighted by atomic mass is 127. The second kappa shape index (κ2) is 8.96. The van der Waals surface area contributed by atoms with Gasteiger partial charge in [0.25, 0.3) is 0 Å². The van der Waals surface area contributed by atoms with Crippen LogP contribution in [0.1, 0.15) is 24.2 Å². The molecule has 6 heteroatoms. The first-order chi connectivity index (χ1) is 14.9. The predicted molar refractivity (Wildman–Crippen MR) is 135 cm³/mol. The molecule has 1 heterocycles. The third-order valence-corrected chi connectivity index (χ3v) is 7.64. The number of hydrogen-bond donors (Lipinski definition) is 0. The Morgan fingerprint density at radius 1 is 0.806 bits per heavy atom. The van der Waals surface area contributed by atoms with E-state index in [0.29, 0.717) is 5.56 Å². The van der Waals surface area contributed by atoms with Crippen molar-refractivity contribution in [2.24, 2.45) is 0 Å². The third-order valence-electron chi connectivity index (χ3n) is 4.86. The van der Waals surface area contributed by atoms with Crippen LogP contribution in [0.25, 0.3) is 25.1 Å². The molecule has 1 aromatic heterocycles. The van der Waals surface area contributed by atoms with Gasteiger partial charge in [0, 0.05) is 21.2 Å². The van der Waals surface area contributed by atoms with Crippen molar-refractivity contribution in [1.82, 2.24) is 0 Å². The van der Waals surface area contributed by atoms with E-state index in [4.69, 9.17) is 9.47 Å². The normalized spacial score (nSPS) is 11.6. The Labute approximate surface area is 197 Å². The summed E-state index contributed by atoms with van der Waals surface area (Å²) in [7, 11) is -0.193. The average Bonchev–Trinajstić information content (AvgIpc) is 3.10. The number of carbonyl (C=O) groups is 2. The maximum absolute atomic E-state index is 12.4. The van der Waals surface area contributed by atoms with Gasteiger partial charge in [-0.25, -0.2) is 4.79 Å². The number of halogens is 1. The number of hydrogen-bond acceptors (Lipinski definition) is 4. The van der Waals surface area contributed by atoms with Crippen LogP contribution in [0, 0.1) is 0 Å². The maximum atomic E-state index is 12.4. The fourth-order valence-corrected chi connectivity index (χ4v) is 5.89. The van der Waals surface area contributed by atoms with Gasteiger partial charge in [0.2, 0.25) is 0 Å². The van der Waals surface area contributed by atoms with Crippen LogP contribution >= 0.6 is 33.1 Å². The number of rotatable bonds is 6. The van der Waals surface area contributed by atoms with E-state index in [1.807, 2.05) is 34.7 Å². The van der Waals surface area contributed by atoms with Gasteiger partial charge in [-0.1, -0.05) is 46.9 Å². The smallest absolute Gasteiger partial charge is 0.338 e. The van der Waals surface area contributed by atoms with E-state index in [0.717, 1.165) is 4.90 Å². The molecule has 0 aliphatic heterocycles. The molecule has 3 aromatic carbocycles. The summed E-state index contributed by atoms with van der Waals surface area (Å²) >= 11 is 2.01. The van der Waals surface area contributed by atoms with Gasteiger partial charge >= 0.3 is 11.9 Å². The first-order valence-corrected chi connectivity index (χ1v) is 12.2.